The first-order valence-corrected chi connectivity index (χ1v) is 6.38. The third-order valence-electron chi connectivity index (χ3n) is 1.63. The van der Waals surface area contributed by atoms with Gasteiger partial charge in [0.15, 0.2) is 0 Å². The van der Waals surface area contributed by atoms with E-state index in [1.165, 1.54) is 4.88 Å². The summed E-state index contributed by atoms with van der Waals surface area (Å²) in [5.74, 6) is 0. The predicted octanol–water partition coefficient (Wildman–Crippen LogP) is 5.05. The Kier molecular flexibility index (Phi) is 4.35. The van der Waals surface area contributed by atoms with Crippen LogP contribution in [0.2, 0.25) is 5.02 Å². The second kappa shape index (κ2) is 5.10. The fourth-order valence-corrected chi connectivity index (χ4v) is 2.89. The smallest absolute Gasteiger partial charge is 0.0969 e. The summed E-state index contributed by atoms with van der Waals surface area (Å²) in [5.41, 5.74) is 0.963. The van der Waals surface area contributed by atoms with Gasteiger partial charge in [-0.2, -0.15) is 0 Å². The Labute approximate surface area is 101 Å². The molecule has 4 heteroatoms. The largest absolute Gasteiger partial charge is 0.254 e. The maximum absolute atomic E-state index is 5.99. The van der Waals surface area contributed by atoms with Crippen molar-refractivity contribution in [1.82, 2.24) is 4.98 Å². The molecule has 2 heterocycles. The molecule has 0 aliphatic heterocycles. The average molecular weight is 293 g/mol. The second-order valence-electron chi connectivity index (χ2n) is 2.44. The van der Waals surface area contributed by atoms with Gasteiger partial charge in [0.1, 0.15) is 0 Å². The molecular weight excluding hydrogens is 282 g/mol. The molecule has 0 radical (unpaired) electrons. The number of nitrogens with zero attached hydrogens (tertiary/aromatic N) is 1. The first-order chi connectivity index (χ1) is 6.70. The van der Waals surface area contributed by atoms with Crippen LogP contribution in [0.3, 0.4) is 0 Å². The van der Waals surface area contributed by atoms with Gasteiger partial charge in [0, 0.05) is 11.1 Å². The van der Waals surface area contributed by atoms with Gasteiger partial charge >= 0.3 is 0 Å². The summed E-state index contributed by atoms with van der Waals surface area (Å²) in [6.45, 7) is 6.05. The third kappa shape index (κ3) is 2.10. The molecule has 0 unspecified atom stereocenters. The zero-order valence-electron chi connectivity index (χ0n) is 8.27. The summed E-state index contributed by atoms with van der Waals surface area (Å²) in [7, 11) is 0. The van der Waals surface area contributed by atoms with Crippen molar-refractivity contribution in [3.8, 4) is 0 Å². The van der Waals surface area contributed by atoms with Crippen LogP contribution in [-0.4, -0.2) is 4.98 Å². The molecule has 0 bridgehead atoms. The summed E-state index contributed by atoms with van der Waals surface area (Å²) < 4.78 is 2.12. The van der Waals surface area contributed by atoms with Crippen LogP contribution >= 0.6 is 38.9 Å². The van der Waals surface area contributed by atoms with E-state index in [2.05, 4.69) is 20.9 Å². The Morgan fingerprint density at radius 2 is 2.07 bits per heavy atom. The highest BCUT2D eigenvalue weighted by atomic mass is 79.9. The molecule has 0 atom stereocenters. The molecule has 0 fully saturated rings. The van der Waals surface area contributed by atoms with Crippen molar-refractivity contribution in [3.05, 3.63) is 26.6 Å². The minimum Gasteiger partial charge on any atom is -0.254 e. The molecule has 14 heavy (non-hydrogen) atoms. The number of hydrogen-bond donors (Lipinski definition) is 0. The van der Waals surface area contributed by atoms with Gasteiger partial charge in [0.2, 0.25) is 0 Å². The first kappa shape index (κ1) is 12.0. The number of rotatable bonds is 0. The monoisotopic (exact) mass is 291 g/mol. The maximum Gasteiger partial charge on any atom is 0.0969 e. The van der Waals surface area contributed by atoms with E-state index in [0.29, 0.717) is 0 Å². The van der Waals surface area contributed by atoms with Crippen LogP contribution in [-0.2, 0) is 0 Å². The molecule has 1 nitrogen and oxygen atoms in total. The Hall–Kier alpha value is -0.120. The molecule has 0 spiro atoms. The summed E-state index contributed by atoms with van der Waals surface area (Å²) in [4.78, 5) is 5.46. The average Bonchev–Trinajstić information content (AvgIpc) is 2.50. The van der Waals surface area contributed by atoms with E-state index in [1.54, 1.807) is 17.5 Å². The Morgan fingerprint density at radius 1 is 1.43 bits per heavy atom. The standard InChI is InChI=1S/C8H5BrClNS.C2H6/c1-4-6(9)7-8(12-4)5(10)2-3-11-7;1-2/h2-3H,1H3;1-2H3. The van der Waals surface area contributed by atoms with Gasteiger partial charge < -0.3 is 0 Å². The number of fused-ring (bicyclic) bond motifs is 1. The van der Waals surface area contributed by atoms with Gasteiger partial charge in [-0.1, -0.05) is 25.4 Å². The molecule has 0 amide bonds. The Balaban J connectivity index is 0.000000461. The number of hydrogen-bond acceptors (Lipinski definition) is 2. The van der Waals surface area contributed by atoms with E-state index in [1.807, 2.05) is 26.8 Å². The SMILES string of the molecule is CC.Cc1sc2c(Cl)ccnc2c1Br. The Morgan fingerprint density at radius 3 is 2.64 bits per heavy atom. The van der Waals surface area contributed by atoms with Gasteiger partial charge in [-0.15, -0.1) is 11.3 Å². The van der Waals surface area contributed by atoms with Gasteiger partial charge in [0.05, 0.1) is 19.7 Å². The van der Waals surface area contributed by atoms with Crippen molar-refractivity contribution in [2.45, 2.75) is 20.8 Å². The first-order valence-electron chi connectivity index (χ1n) is 4.39. The van der Waals surface area contributed by atoms with Crippen molar-refractivity contribution >= 4 is 49.1 Å². The second-order valence-corrected chi connectivity index (χ2v) is 4.87. The number of halogens is 2. The third-order valence-corrected chi connectivity index (χ3v) is 4.42. The molecule has 0 N–H and O–H groups in total. The van der Waals surface area contributed by atoms with Crippen molar-refractivity contribution < 1.29 is 0 Å². The lowest BCUT2D eigenvalue weighted by Crippen LogP contribution is -1.72. The zero-order valence-corrected chi connectivity index (χ0v) is 11.4. The van der Waals surface area contributed by atoms with E-state index in [0.717, 1.165) is 19.7 Å². The van der Waals surface area contributed by atoms with Crippen molar-refractivity contribution in [3.63, 3.8) is 0 Å². The molecule has 0 saturated heterocycles. The van der Waals surface area contributed by atoms with E-state index in [4.69, 9.17) is 11.6 Å². The summed E-state index contributed by atoms with van der Waals surface area (Å²) in [6, 6.07) is 1.81. The van der Waals surface area contributed by atoms with E-state index < -0.39 is 0 Å². The van der Waals surface area contributed by atoms with Crippen LogP contribution in [0.4, 0.5) is 0 Å². The van der Waals surface area contributed by atoms with Crippen LogP contribution in [0.15, 0.2) is 16.7 Å². The summed E-state index contributed by atoms with van der Waals surface area (Å²) in [5, 5.41) is 0.777. The van der Waals surface area contributed by atoms with Crippen LogP contribution in [0, 0.1) is 6.92 Å². The zero-order chi connectivity index (χ0) is 10.7. The summed E-state index contributed by atoms with van der Waals surface area (Å²) >= 11 is 11.1. The number of aryl methyl sites for hydroxylation is 1. The van der Waals surface area contributed by atoms with Crippen LogP contribution < -0.4 is 0 Å². The normalized spacial score (nSPS) is 9.79. The van der Waals surface area contributed by atoms with E-state index >= 15 is 0 Å². The van der Waals surface area contributed by atoms with Crippen molar-refractivity contribution in [1.29, 1.82) is 0 Å². The molecule has 0 aliphatic rings. The highest BCUT2D eigenvalue weighted by molar-refractivity contribution is 9.10. The van der Waals surface area contributed by atoms with Gasteiger partial charge in [-0.25, -0.2) is 0 Å². The predicted molar refractivity (Wildman–Crippen MR) is 68.4 cm³/mol. The highest BCUT2D eigenvalue weighted by Crippen LogP contribution is 2.36. The molecule has 2 aromatic rings. The van der Waals surface area contributed by atoms with Crippen molar-refractivity contribution in [2.24, 2.45) is 0 Å². The molecule has 0 aliphatic carbocycles. The summed E-state index contributed by atoms with van der Waals surface area (Å²) in [6.07, 6.45) is 1.72. The van der Waals surface area contributed by atoms with Crippen LogP contribution in [0.25, 0.3) is 10.2 Å². The quantitative estimate of drug-likeness (QED) is 0.662. The lowest BCUT2D eigenvalue weighted by atomic mass is 10.4. The fourth-order valence-electron chi connectivity index (χ4n) is 1.04. The maximum atomic E-state index is 5.99. The van der Waals surface area contributed by atoms with Crippen molar-refractivity contribution in [2.75, 3.05) is 0 Å². The number of pyridine rings is 1. The minimum absolute atomic E-state index is 0.777. The molecule has 2 aromatic heterocycles. The molecular formula is C10H11BrClNS. The lowest BCUT2D eigenvalue weighted by Gasteiger charge is -1.90. The topological polar surface area (TPSA) is 12.9 Å². The van der Waals surface area contributed by atoms with E-state index in [9.17, 15) is 0 Å². The Bertz CT molecular complexity index is 439. The molecule has 0 saturated carbocycles. The van der Waals surface area contributed by atoms with Crippen LogP contribution in [0.5, 0.6) is 0 Å². The van der Waals surface area contributed by atoms with Gasteiger partial charge in [0.25, 0.3) is 0 Å². The molecule has 0 aromatic carbocycles. The fraction of sp³-hybridized carbons (Fsp3) is 0.300. The molecule has 76 valence electrons. The minimum atomic E-state index is 0.777. The number of thiophene rings is 1. The lowest BCUT2D eigenvalue weighted by molar-refractivity contribution is 1.41. The highest BCUT2D eigenvalue weighted by Gasteiger charge is 2.09. The number of aromatic nitrogens is 1. The van der Waals surface area contributed by atoms with Crippen LogP contribution in [0.1, 0.15) is 18.7 Å². The van der Waals surface area contributed by atoms with Gasteiger partial charge in [-0.3, -0.25) is 4.98 Å². The van der Waals surface area contributed by atoms with Gasteiger partial charge in [-0.05, 0) is 28.9 Å². The molecule has 2 rings (SSSR count). The van der Waals surface area contributed by atoms with E-state index in [-0.39, 0.29) is 0 Å².